The van der Waals surface area contributed by atoms with E-state index in [2.05, 4.69) is 214 Å². The van der Waals surface area contributed by atoms with E-state index in [0.29, 0.717) is 0 Å². The molecule has 0 N–H and O–H groups in total. The van der Waals surface area contributed by atoms with Crippen molar-refractivity contribution < 1.29 is 0 Å². The van der Waals surface area contributed by atoms with Gasteiger partial charge in [0.2, 0.25) is 0 Å². The molecule has 0 unspecified atom stereocenters. The van der Waals surface area contributed by atoms with Crippen LogP contribution in [0.15, 0.2) is 103 Å². The van der Waals surface area contributed by atoms with Crippen LogP contribution in [0.5, 0.6) is 0 Å². The molecule has 2 aromatic heterocycles. The Morgan fingerprint density at radius 1 is 0.369 bits per heavy atom. The van der Waals surface area contributed by atoms with Crippen molar-refractivity contribution in [3.8, 4) is 11.4 Å². The Morgan fingerprint density at radius 3 is 1.37 bits per heavy atom. The topological polar surface area (TPSA) is 13.1 Å². The third kappa shape index (κ3) is 5.05. The number of aryl methyl sites for hydroxylation is 2. The van der Waals surface area contributed by atoms with Gasteiger partial charge in [0.1, 0.15) is 0 Å². The summed E-state index contributed by atoms with van der Waals surface area (Å²) >= 11 is 0. The second-order valence-electron chi connectivity index (χ2n) is 24.5. The largest absolute Gasteiger partial charge is 0.311 e. The average Bonchev–Trinajstić information content (AvgIpc) is 3.75. The van der Waals surface area contributed by atoms with Gasteiger partial charge in [-0.1, -0.05) is 143 Å². The predicted octanol–water partition coefficient (Wildman–Crippen LogP) is 11.4. The van der Waals surface area contributed by atoms with Crippen LogP contribution < -0.4 is 37.7 Å². The van der Waals surface area contributed by atoms with E-state index in [1.165, 1.54) is 138 Å². The molecule has 7 aromatic carbocycles. The first-order valence-corrected chi connectivity index (χ1v) is 24.1. The highest BCUT2D eigenvalue weighted by atomic mass is 15.2. The molecular weight excluding hydrogens is 784 g/mol. The summed E-state index contributed by atoms with van der Waals surface area (Å²) in [5.41, 5.74) is 28.5. The SMILES string of the molecule is Cc1ccc(N2c3ccc(C)cc3B3c4c2cc2c5c4-n4c6c3cc(C(C)(C)C)cc6c3cc(C(C)(C)C)cc(c34)B5c3cc(C(C)(C)C)cc4c5cc(C(C)(C)C)ccc5n-2c34)cc1. The summed E-state index contributed by atoms with van der Waals surface area (Å²) in [6.07, 6.45) is 0. The first-order valence-electron chi connectivity index (χ1n) is 24.1. The number of hydrogen-bond acceptors (Lipinski definition) is 1. The summed E-state index contributed by atoms with van der Waals surface area (Å²) in [5.74, 6) is 0. The fraction of sp³-hybridized carbons (Fsp3) is 0.300. The van der Waals surface area contributed by atoms with E-state index < -0.39 is 0 Å². The molecule has 3 nitrogen and oxygen atoms in total. The van der Waals surface area contributed by atoms with Crippen LogP contribution in [0.4, 0.5) is 17.1 Å². The summed E-state index contributed by atoms with van der Waals surface area (Å²) in [6, 6.07) is 42.0. The minimum Gasteiger partial charge on any atom is -0.311 e. The number of aromatic nitrogens is 2. The van der Waals surface area contributed by atoms with Crippen molar-refractivity contribution in [1.82, 2.24) is 9.13 Å². The normalized spacial score (nSPS) is 14.8. The monoisotopic (exact) mass is 843 g/mol. The quantitative estimate of drug-likeness (QED) is 0.150. The number of benzene rings is 7. The van der Waals surface area contributed by atoms with Gasteiger partial charge in [-0.25, -0.2) is 0 Å². The first-order chi connectivity index (χ1) is 30.6. The molecule has 320 valence electrons. The Hall–Kier alpha value is -5.93. The van der Waals surface area contributed by atoms with Crippen LogP contribution in [0.2, 0.25) is 0 Å². The average molecular weight is 844 g/mol. The summed E-state index contributed by atoms with van der Waals surface area (Å²) in [5, 5.41) is 5.50. The maximum absolute atomic E-state index is 2.78. The number of nitrogens with zero attached hydrogens (tertiary/aromatic N) is 3. The van der Waals surface area contributed by atoms with E-state index in [0.717, 1.165) is 0 Å². The molecule has 0 bridgehead atoms. The van der Waals surface area contributed by atoms with E-state index in [9.17, 15) is 0 Å². The number of fused-ring (bicyclic) bond motifs is 10. The second-order valence-corrected chi connectivity index (χ2v) is 24.5. The van der Waals surface area contributed by atoms with Gasteiger partial charge in [-0.15, -0.1) is 0 Å². The van der Waals surface area contributed by atoms with Crippen molar-refractivity contribution >= 4 is 107 Å². The van der Waals surface area contributed by atoms with Gasteiger partial charge in [0.25, 0.3) is 13.4 Å². The fourth-order valence-corrected chi connectivity index (χ4v) is 12.4. The Kier molecular flexibility index (Phi) is 7.34. The maximum atomic E-state index is 2.78. The van der Waals surface area contributed by atoms with Crippen LogP contribution in [0, 0.1) is 13.8 Å². The zero-order valence-corrected chi connectivity index (χ0v) is 40.8. The molecule has 0 spiro atoms. The van der Waals surface area contributed by atoms with E-state index in [1.54, 1.807) is 0 Å². The molecule has 5 heteroatoms. The summed E-state index contributed by atoms with van der Waals surface area (Å²) in [4.78, 5) is 2.61. The van der Waals surface area contributed by atoms with E-state index in [4.69, 9.17) is 0 Å². The minimum absolute atomic E-state index is 0.0172. The lowest BCUT2D eigenvalue weighted by Gasteiger charge is -2.45. The van der Waals surface area contributed by atoms with Crippen molar-refractivity contribution in [2.45, 2.75) is 119 Å². The molecule has 13 rings (SSSR count). The van der Waals surface area contributed by atoms with Gasteiger partial charge in [0, 0.05) is 66.5 Å². The molecule has 65 heavy (non-hydrogen) atoms. The lowest BCUT2D eigenvalue weighted by Crippen LogP contribution is -2.67. The third-order valence-electron chi connectivity index (χ3n) is 15.9. The van der Waals surface area contributed by atoms with Crippen molar-refractivity contribution in [1.29, 1.82) is 0 Å². The van der Waals surface area contributed by atoms with Crippen LogP contribution >= 0.6 is 0 Å². The second kappa shape index (κ2) is 12.1. The van der Waals surface area contributed by atoms with Crippen molar-refractivity contribution in [2.75, 3.05) is 4.90 Å². The van der Waals surface area contributed by atoms with Crippen LogP contribution in [0.25, 0.3) is 55.0 Å². The Morgan fingerprint density at radius 2 is 0.831 bits per heavy atom. The molecule has 4 aliphatic rings. The molecule has 9 aromatic rings. The molecule has 0 aliphatic carbocycles. The summed E-state index contributed by atoms with van der Waals surface area (Å²) in [7, 11) is 0. The number of rotatable bonds is 1. The number of hydrogen-bond donors (Lipinski definition) is 0. The zero-order valence-electron chi connectivity index (χ0n) is 40.8. The molecule has 4 aliphatic heterocycles. The van der Waals surface area contributed by atoms with Gasteiger partial charge in [0.15, 0.2) is 0 Å². The van der Waals surface area contributed by atoms with Crippen LogP contribution in [0.1, 0.15) is 116 Å². The van der Waals surface area contributed by atoms with Gasteiger partial charge in [0.05, 0.1) is 5.52 Å². The molecule has 0 atom stereocenters. The van der Waals surface area contributed by atoms with Crippen LogP contribution in [-0.2, 0) is 21.7 Å². The molecular formula is C60H59B2N3. The molecule has 0 amide bonds. The minimum atomic E-state index is -0.0478. The van der Waals surface area contributed by atoms with Gasteiger partial charge >= 0.3 is 0 Å². The van der Waals surface area contributed by atoms with E-state index >= 15 is 0 Å². The number of anilines is 3. The fourth-order valence-electron chi connectivity index (χ4n) is 12.4. The smallest absolute Gasteiger partial charge is 0.252 e. The van der Waals surface area contributed by atoms with E-state index in [-0.39, 0.29) is 35.1 Å². The highest BCUT2D eigenvalue weighted by molar-refractivity contribution is 7.04. The van der Waals surface area contributed by atoms with Crippen molar-refractivity contribution in [3.05, 3.63) is 137 Å². The highest BCUT2D eigenvalue weighted by Crippen LogP contribution is 2.47. The lowest BCUT2D eigenvalue weighted by atomic mass is 9.29. The van der Waals surface area contributed by atoms with Gasteiger partial charge in [-0.3, -0.25) is 0 Å². The van der Waals surface area contributed by atoms with Gasteiger partial charge in [-0.05, 0) is 145 Å². The highest BCUT2D eigenvalue weighted by Gasteiger charge is 2.50. The van der Waals surface area contributed by atoms with Crippen LogP contribution in [-0.4, -0.2) is 22.6 Å². The Labute approximate surface area is 385 Å². The molecule has 0 saturated carbocycles. The first kappa shape index (κ1) is 39.4. The van der Waals surface area contributed by atoms with Crippen LogP contribution in [0.3, 0.4) is 0 Å². The standard InChI is InChI=1S/C60H59B2N3/c1-32-15-19-38(20-16-32)63-48-21-17-33(2)23-43(48)61-45-29-36(59(9,10)11)26-41-42-27-37(60(12,13)14)30-46-55(42)65(54(41)45)56-51(61)49(63)31-50-52(56)62(46)44-28-35(58(6,7)8)25-40-39-24-34(57(3,4)5)18-22-47(39)64(50)53(40)44/h15-31H,1-14H3. The Bertz CT molecular complexity index is 3660. The zero-order chi connectivity index (χ0) is 45.3. The molecule has 0 fully saturated rings. The molecule has 0 saturated heterocycles. The van der Waals surface area contributed by atoms with Crippen molar-refractivity contribution in [2.24, 2.45) is 0 Å². The van der Waals surface area contributed by atoms with Gasteiger partial charge < -0.3 is 14.0 Å². The molecule has 0 radical (unpaired) electrons. The Balaban J connectivity index is 1.31. The lowest BCUT2D eigenvalue weighted by molar-refractivity contribution is 0.590. The summed E-state index contributed by atoms with van der Waals surface area (Å²) in [6.45, 7) is 33.2. The molecule has 6 heterocycles. The predicted molar refractivity (Wildman–Crippen MR) is 283 cm³/mol. The van der Waals surface area contributed by atoms with E-state index in [1.807, 2.05) is 0 Å². The van der Waals surface area contributed by atoms with Crippen molar-refractivity contribution in [3.63, 3.8) is 0 Å². The maximum Gasteiger partial charge on any atom is 0.252 e. The van der Waals surface area contributed by atoms with Gasteiger partial charge in [-0.2, -0.15) is 0 Å². The third-order valence-corrected chi connectivity index (χ3v) is 15.9. The summed E-state index contributed by atoms with van der Waals surface area (Å²) < 4.78 is 5.48.